The molecule has 132 valence electrons. The van der Waals surface area contributed by atoms with Gasteiger partial charge in [0.15, 0.2) is 0 Å². The van der Waals surface area contributed by atoms with Gasteiger partial charge in [0.05, 0.1) is 18.8 Å². The fourth-order valence-corrected chi connectivity index (χ4v) is 3.89. The van der Waals surface area contributed by atoms with Gasteiger partial charge < -0.3 is 4.74 Å². The van der Waals surface area contributed by atoms with Crippen molar-refractivity contribution in [2.45, 2.75) is 57.7 Å². The highest BCUT2D eigenvalue weighted by molar-refractivity contribution is 5.78. The average Bonchev–Trinajstić information content (AvgIpc) is 2.87. The van der Waals surface area contributed by atoms with E-state index in [2.05, 4.69) is 17.0 Å². The van der Waals surface area contributed by atoms with E-state index in [4.69, 9.17) is 9.57 Å². The number of amides is 1. The van der Waals surface area contributed by atoms with Crippen molar-refractivity contribution >= 4 is 5.91 Å². The zero-order valence-corrected chi connectivity index (χ0v) is 15.0. The number of carbonyl (C=O) groups excluding carboxylic acids is 1. The van der Waals surface area contributed by atoms with Crippen LogP contribution in [0.15, 0.2) is 24.3 Å². The van der Waals surface area contributed by atoms with E-state index in [1.807, 2.05) is 26.0 Å². The van der Waals surface area contributed by atoms with Crippen LogP contribution in [0.4, 0.5) is 0 Å². The Morgan fingerprint density at radius 1 is 1.12 bits per heavy atom. The largest absolute Gasteiger partial charge is 0.491 e. The van der Waals surface area contributed by atoms with E-state index in [1.54, 1.807) is 12.2 Å². The van der Waals surface area contributed by atoms with Crippen molar-refractivity contribution in [2.75, 3.05) is 20.2 Å². The summed E-state index contributed by atoms with van der Waals surface area (Å²) in [6.07, 6.45) is 3.72. The smallest absolute Gasteiger partial charge is 0.246 e. The van der Waals surface area contributed by atoms with Crippen LogP contribution < -0.4 is 4.74 Å². The Balaban J connectivity index is 1.55. The highest BCUT2D eigenvalue weighted by Gasteiger charge is 2.47. The first kappa shape index (κ1) is 17.2. The molecule has 5 nitrogen and oxygen atoms in total. The summed E-state index contributed by atoms with van der Waals surface area (Å²) < 4.78 is 5.69. The van der Waals surface area contributed by atoms with Crippen molar-refractivity contribution in [1.82, 2.24) is 9.96 Å². The zero-order chi connectivity index (χ0) is 17.2. The van der Waals surface area contributed by atoms with E-state index >= 15 is 0 Å². The minimum atomic E-state index is -0.0721. The quantitative estimate of drug-likeness (QED) is 0.831. The Morgan fingerprint density at radius 3 is 2.38 bits per heavy atom. The highest BCUT2D eigenvalue weighted by atomic mass is 16.7. The molecule has 0 unspecified atom stereocenters. The van der Waals surface area contributed by atoms with Crippen LogP contribution in [0.1, 0.15) is 45.1 Å². The fraction of sp³-hybridized carbons (Fsp3) is 0.632. The molecule has 1 spiro atoms. The maximum Gasteiger partial charge on any atom is 0.246 e. The summed E-state index contributed by atoms with van der Waals surface area (Å²) in [6, 6.07) is 8.37. The minimum absolute atomic E-state index is 0.0721. The van der Waals surface area contributed by atoms with E-state index in [-0.39, 0.29) is 17.6 Å². The van der Waals surface area contributed by atoms with E-state index < -0.39 is 0 Å². The molecule has 2 fully saturated rings. The van der Waals surface area contributed by atoms with E-state index in [9.17, 15) is 4.79 Å². The molecule has 24 heavy (non-hydrogen) atoms. The van der Waals surface area contributed by atoms with Gasteiger partial charge in [-0.05, 0) is 50.8 Å². The average molecular weight is 332 g/mol. The molecule has 0 saturated carbocycles. The van der Waals surface area contributed by atoms with Crippen LogP contribution >= 0.6 is 0 Å². The normalized spacial score (nSPS) is 21.0. The summed E-state index contributed by atoms with van der Waals surface area (Å²) in [5, 5.41) is 1.64. The number of benzene rings is 1. The van der Waals surface area contributed by atoms with Crippen molar-refractivity contribution in [1.29, 1.82) is 0 Å². The SMILES string of the molecule is CON1C(=O)CCC12CCN(Cc1ccc(OC(C)C)cc1)CC2. The van der Waals surface area contributed by atoms with Crippen LogP contribution in [-0.2, 0) is 16.2 Å². The van der Waals surface area contributed by atoms with Crippen molar-refractivity contribution in [3.05, 3.63) is 29.8 Å². The van der Waals surface area contributed by atoms with E-state index in [0.29, 0.717) is 6.42 Å². The molecule has 2 heterocycles. The molecule has 0 aliphatic carbocycles. The lowest BCUT2D eigenvalue weighted by atomic mass is 9.86. The standard InChI is InChI=1S/C19H28N2O3/c1-15(2)24-17-6-4-16(5-7-17)14-20-12-10-19(11-13-20)9-8-18(22)21(19)23-3/h4-7,15H,8-14H2,1-3H3. The highest BCUT2D eigenvalue weighted by Crippen LogP contribution is 2.39. The number of rotatable bonds is 5. The molecule has 1 aromatic rings. The van der Waals surface area contributed by atoms with Crippen LogP contribution in [-0.4, -0.2) is 47.7 Å². The maximum atomic E-state index is 11.9. The molecule has 0 N–H and O–H groups in total. The Morgan fingerprint density at radius 2 is 1.79 bits per heavy atom. The molecule has 1 aromatic carbocycles. The predicted molar refractivity (Wildman–Crippen MR) is 92.5 cm³/mol. The second kappa shape index (κ2) is 7.11. The second-order valence-corrected chi connectivity index (χ2v) is 7.18. The van der Waals surface area contributed by atoms with Crippen LogP contribution in [0, 0.1) is 0 Å². The molecular weight excluding hydrogens is 304 g/mol. The van der Waals surface area contributed by atoms with Gasteiger partial charge in [0, 0.05) is 26.1 Å². The molecule has 5 heteroatoms. The lowest BCUT2D eigenvalue weighted by Crippen LogP contribution is -2.52. The van der Waals surface area contributed by atoms with Gasteiger partial charge in [0.1, 0.15) is 5.75 Å². The first-order valence-electron chi connectivity index (χ1n) is 8.87. The number of nitrogens with zero attached hydrogens (tertiary/aromatic N) is 2. The van der Waals surface area contributed by atoms with Crippen LogP contribution in [0.3, 0.4) is 0 Å². The molecule has 1 amide bonds. The topological polar surface area (TPSA) is 42.0 Å². The van der Waals surface area contributed by atoms with Gasteiger partial charge in [-0.15, -0.1) is 0 Å². The predicted octanol–water partition coefficient (Wildman–Crippen LogP) is 2.99. The Hall–Kier alpha value is -1.59. The number of hydrogen-bond acceptors (Lipinski definition) is 4. The van der Waals surface area contributed by atoms with Gasteiger partial charge in [0.2, 0.25) is 5.91 Å². The summed E-state index contributed by atoms with van der Waals surface area (Å²) in [4.78, 5) is 19.8. The molecule has 2 saturated heterocycles. The molecule has 0 radical (unpaired) electrons. The van der Waals surface area contributed by atoms with Crippen molar-refractivity contribution < 1.29 is 14.4 Å². The Bertz CT molecular complexity index is 562. The number of likely N-dealkylation sites (tertiary alicyclic amines) is 1. The molecular formula is C19H28N2O3. The lowest BCUT2D eigenvalue weighted by Gasteiger charge is -2.43. The van der Waals surface area contributed by atoms with Crippen LogP contribution in [0.5, 0.6) is 5.75 Å². The Labute approximate surface area is 144 Å². The summed E-state index contributed by atoms with van der Waals surface area (Å²) in [5.41, 5.74) is 1.23. The fourth-order valence-electron chi connectivity index (χ4n) is 3.89. The van der Waals surface area contributed by atoms with Gasteiger partial charge >= 0.3 is 0 Å². The van der Waals surface area contributed by atoms with E-state index in [1.165, 1.54) is 5.56 Å². The van der Waals surface area contributed by atoms with Gasteiger partial charge in [0.25, 0.3) is 0 Å². The zero-order valence-electron chi connectivity index (χ0n) is 15.0. The first-order chi connectivity index (χ1) is 11.5. The van der Waals surface area contributed by atoms with Crippen LogP contribution in [0.2, 0.25) is 0 Å². The minimum Gasteiger partial charge on any atom is -0.491 e. The third kappa shape index (κ3) is 3.57. The first-order valence-corrected chi connectivity index (χ1v) is 8.87. The van der Waals surface area contributed by atoms with Crippen molar-refractivity contribution in [3.63, 3.8) is 0 Å². The molecule has 2 aliphatic heterocycles. The van der Waals surface area contributed by atoms with Gasteiger partial charge in [-0.1, -0.05) is 12.1 Å². The second-order valence-electron chi connectivity index (χ2n) is 7.18. The van der Waals surface area contributed by atoms with Crippen LogP contribution in [0.25, 0.3) is 0 Å². The third-order valence-corrected chi connectivity index (χ3v) is 5.13. The molecule has 0 aromatic heterocycles. The summed E-state index contributed by atoms with van der Waals surface area (Å²) in [5.74, 6) is 1.05. The number of hydrogen-bond donors (Lipinski definition) is 0. The maximum absolute atomic E-state index is 11.9. The molecule has 3 rings (SSSR count). The molecule has 2 aliphatic rings. The molecule has 0 bridgehead atoms. The van der Waals surface area contributed by atoms with Gasteiger partial charge in [-0.3, -0.25) is 14.5 Å². The lowest BCUT2D eigenvalue weighted by molar-refractivity contribution is -0.202. The molecule has 0 atom stereocenters. The monoisotopic (exact) mass is 332 g/mol. The van der Waals surface area contributed by atoms with Gasteiger partial charge in [-0.25, -0.2) is 5.06 Å². The number of hydroxylamine groups is 2. The van der Waals surface area contributed by atoms with Crippen molar-refractivity contribution in [2.24, 2.45) is 0 Å². The van der Waals surface area contributed by atoms with Crippen molar-refractivity contribution in [3.8, 4) is 5.75 Å². The number of carbonyl (C=O) groups is 1. The third-order valence-electron chi connectivity index (χ3n) is 5.13. The summed E-state index contributed by atoms with van der Waals surface area (Å²) in [6.45, 7) is 7.01. The number of piperidine rings is 1. The summed E-state index contributed by atoms with van der Waals surface area (Å²) in [7, 11) is 1.61. The van der Waals surface area contributed by atoms with Gasteiger partial charge in [-0.2, -0.15) is 0 Å². The Kier molecular flexibility index (Phi) is 5.11. The van der Waals surface area contributed by atoms with E-state index in [0.717, 1.165) is 44.6 Å². The number of ether oxygens (including phenoxy) is 1. The summed E-state index contributed by atoms with van der Waals surface area (Å²) >= 11 is 0.